The molecule has 3 nitrogen and oxygen atoms in total. The van der Waals surface area contributed by atoms with Crippen molar-refractivity contribution in [2.75, 3.05) is 7.11 Å². The van der Waals surface area contributed by atoms with Crippen molar-refractivity contribution in [1.29, 1.82) is 0 Å². The Bertz CT molecular complexity index is 530. The molecule has 0 aliphatic rings. The second kappa shape index (κ2) is 4.13. The van der Waals surface area contributed by atoms with Gasteiger partial charge in [-0.05, 0) is 38.1 Å². The van der Waals surface area contributed by atoms with E-state index in [2.05, 4.69) is 0 Å². The molecule has 1 aromatic heterocycles. The highest BCUT2D eigenvalue weighted by Gasteiger charge is 2.31. The zero-order chi connectivity index (χ0) is 12.6. The summed E-state index contributed by atoms with van der Waals surface area (Å²) < 4.78 is 23.7. The zero-order valence-electron chi connectivity index (χ0n) is 10.0. The predicted octanol–water partition coefficient (Wildman–Crippen LogP) is 3.03. The highest BCUT2D eigenvalue weighted by atomic mass is 19.1. The summed E-state index contributed by atoms with van der Waals surface area (Å²) in [6, 6.07) is 5.86. The maximum absolute atomic E-state index is 13.0. The summed E-state index contributed by atoms with van der Waals surface area (Å²) in [5.74, 6) is 0.0443. The number of fused-ring (bicyclic) bond motifs is 1. The van der Waals surface area contributed by atoms with Crippen molar-refractivity contribution < 1.29 is 18.7 Å². The number of ether oxygens (including phenoxy) is 1. The second-order valence-corrected chi connectivity index (χ2v) is 4.54. The summed E-state index contributed by atoms with van der Waals surface area (Å²) in [4.78, 5) is 0. The molecule has 1 atom stereocenters. The van der Waals surface area contributed by atoms with Crippen LogP contribution in [0.4, 0.5) is 4.39 Å². The summed E-state index contributed by atoms with van der Waals surface area (Å²) in [7, 11) is 1.52. The normalized spacial score (nSPS) is 14.2. The van der Waals surface area contributed by atoms with Crippen molar-refractivity contribution >= 4 is 11.0 Å². The first kappa shape index (κ1) is 12.1. The smallest absolute Gasteiger partial charge is 0.140 e. The van der Waals surface area contributed by atoms with Crippen LogP contribution in [0.25, 0.3) is 11.0 Å². The Morgan fingerprint density at radius 3 is 2.71 bits per heavy atom. The van der Waals surface area contributed by atoms with Crippen LogP contribution in [0.15, 0.2) is 28.7 Å². The van der Waals surface area contributed by atoms with Gasteiger partial charge in [0.15, 0.2) is 0 Å². The third-order valence-corrected chi connectivity index (χ3v) is 2.95. The maximum Gasteiger partial charge on any atom is 0.140 e. The summed E-state index contributed by atoms with van der Waals surface area (Å²) in [6.45, 7) is 3.51. The number of hydrogen-bond donors (Lipinski definition) is 1. The molecule has 0 saturated carbocycles. The number of rotatable bonds is 3. The van der Waals surface area contributed by atoms with Crippen molar-refractivity contribution in [2.24, 2.45) is 0 Å². The SMILES string of the molecule is COC(C)(C)C(O)c1cc2cc(F)ccc2o1. The molecule has 4 heteroatoms. The Kier molecular flexibility index (Phi) is 2.93. The van der Waals surface area contributed by atoms with Gasteiger partial charge in [0.25, 0.3) is 0 Å². The van der Waals surface area contributed by atoms with Gasteiger partial charge in [-0.2, -0.15) is 0 Å². The molecule has 2 aromatic rings. The molecule has 0 radical (unpaired) electrons. The van der Waals surface area contributed by atoms with Crippen molar-refractivity contribution in [3.8, 4) is 0 Å². The molecule has 0 amide bonds. The predicted molar refractivity (Wildman–Crippen MR) is 62.2 cm³/mol. The van der Waals surface area contributed by atoms with Gasteiger partial charge in [0.2, 0.25) is 0 Å². The number of halogens is 1. The van der Waals surface area contributed by atoms with Crippen molar-refractivity contribution in [1.82, 2.24) is 0 Å². The van der Waals surface area contributed by atoms with E-state index in [4.69, 9.17) is 9.15 Å². The first-order chi connectivity index (χ1) is 7.94. The van der Waals surface area contributed by atoms with Crippen LogP contribution in [0.5, 0.6) is 0 Å². The lowest BCUT2D eigenvalue weighted by Crippen LogP contribution is -2.31. The molecule has 92 valence electrons. The highest BCUT2D eigenvalue weighted by molar-refractivity contribution is 5.78. The Balaban J connectivity index is 2.43. The third-order valence-electron chi connectivity index (χ3n) is 2.95. The number of methoxy groups -OCH3 is 1. The van der Waals surface area contributed by atoms with E-state index in [1.165, 1.54) is 19.2 Å². The average molecular weight is 238 g/mol. The number of aliphatic hydroxyl groups excluding tert-OH is 1. The fourth-order valence-corrected chi connectivity index (χ4v) is 1.62. The lowest BCUT2D eigenvalue weighted by atomic mass is 9.99. The van der Waals surface area contributed by atoms with Crippen LogP contribution in [0.2, 0.25) is 0 Å². The molecule has 17 heavy (non-hydrogen) atoms. The first-order valence-electron chi connectivity index (χ1n) is 5.36. The Morgan fingerprint density at radius 1 is 1.35 bits per heavy atom. The minimum Gasteiger partial charge on any atom is -0.458 e. The van der Waals surface area contributed by atoms with E-state index < -0.39 is 11.7 Å². The molecule has 0 spiro atoms. The Hall–Kier alpha value is -1.39. The maximum atomic E-state index is 13.0. The van der Waals surface area contributed by atoms with E-state index in [9.17, 15) is 9.50 Å². The highest BCUT2D eigenvalue weighted by Crippen LogP contribution is 2.32. The number of hydrogen-bond acceptors (Lipinski definition) is 3. The monoisotopic (exact) mass is 238 g/mol. The minimum atomic E-state index is -0.900. The van der Waals surface area contributed by atoms with Gasteiger partial charge >= 0.3 is 0 Å². The molecule has 0 saturated heterocycles. The number of aliphatic hydroxyl groups is 1. The van der Waals surface area contributed by atoms with Crippen molar-refractivity contribution in [2.45, 2.75) is 25.6 Å². The van der Waals surface area contributed by atoms with Crippen molar-refractivity contribution in [3.63, 3.8) is 0 Å². The molecular formula is C13H15FO3. The van der Waals surface area contributed by atoms with Crippen LogP contribution < -0.4 is 0 Å². The van der Waals surface area contributed by atoms with Gasteiger partial charge in [-0.3, -0.25) is 0 Å². The van der Waals surface area contributed by atoms with E-state index in [1.54, 1.807) is 26.0 Å². The third kappa shape index (κ3) is 2.18. The zero-order valence-corrected chi connectivity index (χ0v) is 10.0. The van der Waals surface area contributed by atoms with Gasteiger partial charge in [-0.1, -0.05) is 0 Å². The quantitative estimate of drug-likeness (QED) is 0.893. The summed E-state index contributed by atoms with van der Waals surface area (Å²) in [5.41, 5.74) is -0.209. The topological polar surface area (TPSA) is 42.6 Å². The van der Waals surface area contributed by atoms with Crippen molar-refractivity contribution in [3.05, 3.63) is 35.8 Å². The van der Waals surface area contributed by atoms with Gasteiger partial charge in [0.1, 0.15) is 23.3 Å². The fourth-order valence-electron chi connectivity index (χ4n) is 1.62. The van der Waals surface area contributed by atoms with Crippen LogP contribution in [0.1, 0.15) is 25.7 Å². The lowest BCUT2D eigenvalue weighted by molar-refractivity contribution is -0.0867. The summed E-state index contributed by atoms with van der Waals surface area (Å²) >= 11 is 0. The largest absolute Gasteiger partial charge is 0.458 e. The molecule has 0 aliphatic heterocycles. The Labute approximate surface area is 98.8 Å². The molecule has 0 fully saturated rings. The van der Waals surface area contributed by atoms with Crippen LogP contribution in [-0.2, 0) is 4.74 Å². The lowest BCUT2D eigenvalue weighted by Gasteiger charge is -2.27. The average Bonchev–Trinajstić information content (AvgIpc) is 2.70. The molecular weight excluding hydrogens is 223 g/mol. The molecule has 0 bridgehead atoms. The standard InChI is InChI=1S/C13H15FO3/c1-13(2,16-3)12(15)11-7-8-6-9(14)4-5-10(8)17-11/h4-7,12,15H,1-3H3. The van der Waals surface area contributed by atoms with E-state index in [0.717, 1.165) is 0 Å². The van der Waals surface area contributed by atoms with Gasteiger partial charge < -0.3 is 14.3 Å². The van der Waals surface area contributed by atoms with Gasteiger partial charge in [0, 0.05) is 12.5 Å². The molecule has 1 unspecified atom stereocenters. The molecule has 1 N–H and O–H groups in total. The molecule has 1 heterocycles. The van der Waals surface area contributed by atoms with Gasteiger partial charge in [-0.15, -0.1) is 0 Å². The number of furan rings is 1. The number of benzene rings is 1. The minimum absolute atomic E-state index is 0.328. The molecule has 0 aliphatic carbocycles. The second-order valence-electron chi connectivity index (χ2n) is 4.54. The van der Waals surface area contributed by atoms with Gasteiger partial charge in [0.05, 0.1) is 5.60 Å². The van der Waals surface area contributed by atoms with Gasteiger partial charge in [-0.25, -0.2) is 4.39 Å². The molecule has 2 rings (SSSR count). The van der Waals surface area contributed by atoms with E-state index in [1.807, 2.05) is 0 Å². The van der Waals surface area contributed by atoms with E-state index in [-0.39, 0.29) is 5.82 Å². The molecule has 1 aromatic carbocycles. The summed E-state index contributed by atoms with van der Waals surface area (Å²) in [5, 5.41) is 10.7. The van der Waals surface area contributed by atoms with E-state index in [0.29, 0.717) is 16.7 Å². The first-order valence-corrected chi connectivity index (χ1v) is 5.36. The van der Waals surface area contributed by atoms with Crippen LogP contribution in [0.3, 0.4) is 0 Å². The summed E-state index contributed by atoms with van der Waals surface area (Å²) in [6.07, 6.45) is -0.900. The van der Waals surface area contributed by atoms with E-state index >= 15 is 0 Å². The van der Waals surface area contributed by atoms with Crippen LogP contribution in [-0.4, -0.2) is 17.8 Å². The fraction of sp³-hybridized carbons (Fsp3) is 0.385. The Morgan fingerprint density at radius 2 is 2.06 bits per heavy atom. The van der Waals surface area contributed by atoms with Crippen LogP contribution >= 0.6 is 0 Å². The van der Waals surface area contributed by atoms with Crippen LogP contribution in [0, 0.1) is 5.82 Å².